The van der Waals surface area contributed by atoms with E-state index in [4.69, 9.17) is 0 Å². The Kier molecular flexibility index (Phi) is 4.75. The molecule has 0 saturated heterocycles. The van der Waals surface area contributed by atoms with E-state index in [9.17, 15) is 0 Å². The van der Waals surface area contributed by atoms with Gasteiger partial charge in [0.05, 0.1) is 0 Å². The van der Waals surface area contributed by atoms with E-state index in [2.05, 4.69) is 33.0 Å². The van der Waals surface area contributed by atoms with Crippen LogP contribution in [0.3, 0.4) is 0 Å². The highest BCUT2D eigenvalue weighted by atomic mass is 15.0. The van der Waals surface area contributed by atoms with Crippen LogP contribution in [0.2, 0.25) is 0 Å². The third kappa shape index (κ3) is 3.98. The SMILES string of the molecule is CC1CCCC(NC2CCC(C(C)(C)C)CC2)C1. The zero-order valence-electron chi connectivity index (χ0n) is 13.0. The normalized spacial score (nSPS) is 38.7. The lowest BCUT2D eigenvalue weighted by molar-refractivity contribution is 0.149. The van der Waals surface area contributed by atoms with Crippen molar-refractivity contribution in [2.24, 2.45) is 17.3 Å². The summed E-state index contributed by atoms with van der Waals surface area (Å²) in [5.74, 6) is 1.89. The van der Waals surface area contributed by atoms with E-state index < -0.39 is 0 Å². The molecule has 2 atom stereocenters. The quantitative estimate of drug-likeness (QED) is 0.746. The van der Waals surface area contributed by atoms with Crippen molar-refractivity contribution in [3.8, 4) is 0 Å². The summed E-state index contributed by atoms with van der Waals surface area (Å²) in [6, 6.07) is 1.64. The van der Waals surface area contributed by atoms with E-state index in [1.807, 2.05) is 0 Å². The average Bonchev–Trinajstić information content (AvgIpc) is 2.28. The molecule has 2 rings (SSSR count). The van der Waals surface area contributed by atoms with Gasteiger partial charge in [0.2, 0.25) is 0 Å². The largest absolute Gasteiger partial charge is 0.311 e. The first kappa shape index (κ1) is 14.4. The van der Waals surface area contributed by atoms with E-state index in [0.29, 0.717) is 5.41 Å². The monoisotopic (exact) mass is 251 g/mol. The lowest BCUT2D eigenvalue weighted by atomic mass is 9.71. The van der Waals surface area contributed by atoms with Crippen molar-refractivity contribution in [2.75, 3.05) is 0 Å². The Bertz CT molecular complexity index is 245. The van der Waals surface area contributed by atoms with Crippen LogP contribution in [0, 0.1) is 17.3 Å². The van der Waals surface area contributed by atoms with Gasteiger partial charge in [-0.2, -0.15) is 0 Å². The Morgan fingerprint density at radius 1 is 0.833 bits per heavy atom. The second kappa shape index (κ2) is 5.94. The molecule has 0 aromatic heterocycles. The molecular formula is C17H33N. The fraction of sp³-hybridized carbons (Fsp3) is 1.00. The Balaban J connectivity index is 1.73. The third-order valence-corrected chi connectivity index (χ3v) is 5.36. The fourth-order valence-corrected chi connectivity index (χ4v) is 4.04. The van der Waals surface area contributed by atoms with Gasteiger partial charge in [-0.15, -0.1) is 0 Å². The number of hydrogen-bond acceptors (Lipinski definition) is 1. The van der Waals surface area contributed by atoms with Crippen LogP contribution < -0.4 is 5.32 Å². The summed E-state index contributed by atoms with van der Waals surface area (Å²) in [5, 5.41) is 3.96. The maximum Gasteiger partial charge on any atom is 0.00721 e. The Morgan fingerprint density at radius 3 is 2.06 bits per heavy atom. The highest BCUT2D eigenvalue weighted by molar-refractivity contribution is 4.86. The predicted octanol–water partition coefficient (Wildman–Crippen LogP) is 4.76. The topological polar surface area (TPSA) is 12.0 Å². The second-order valence-electron chi connectivity index (χ2n) is 8.05. The summed E-state index contributed by atoms with van der Waals surface area (Å²) in [5.41, 5.74) is 0.518. The Labute approximate surface area is 114 Å². The Hall–Kier alpha value is -0.0400. The van der Waals surface area contributed by atoms with E-state index in [1.165, 1.54) is 51.4 Å². The van der Waals surface area contributed by atoms with Crippen LogP contribution in [0.25, 0.3) is 0 Å². The first-order valence-electron chi connectivity index (χ1n) is 8.21. The van der Waals surface area contributed by atoms with Crippen LogP contribution >= 0.6 is 0 Å². The molecule has 106 valence electrons. The van der Waals surface area contributed by atoms with Crippen LogP contribution in [-0.4, -0.2) is 12.1 Å². The molecule has 2 aliphatic rings. The summed E-state index contributed by atoms with van der Waals surface area (Å²) in [4.78, 5) is 0. The van der Waals surface area contributed by atoms with Crippen LogP contribution in [0.15, 0.2) is 0 Å². The molecule has 2 saturated carbocycles. The van der Waals surface area contributed by atoms with Crippen molar-refractivity contribution < 1.29 is 0 Å². The predicted molar refractivity (Wildman–Crippen MR) is 79.8 cm³/mol. The molecule has 2 aliphatic carbocycles. The van der Waals surface area contributed by atoms with Gasteiger partial charge in [0.25, 0.3) is 0 Å². The van der Waals surface area contributed by atoms with Gasteiger partial charge >= 0.3 is 0 Å². The van der Waals surface area contributed by atoms with Crippen LogP contribution in [0.1, 0.15) is 79.1 Å². The molecular weight excluding hydrogens is 218 g/mol. The summed E-state index contributed by atoms with van der Waals surface area (Å²) in [6.45, 7) is 9.65. The maximum atomic E-state index is 3.96. The molecule has 0 spiro atoms. The molecule has 0 bridgehead atoms. The minimum absolute atomic E-state index is 0.518. The van der Waals surface area contributed by atoms with Gasteiger partial charge in [0, 0.05) is 12.1 Å². The van der Waals surface area contributed by atoms with Gasteiger partial charge in [-0.1, -0.05) is 40.5 Å². The van der Waals surface area contributed by atoms with Gasteiger partial charge in [0.1, 0.15) is 0 Å². The first-order chi connectivity index (χ1) is 8.45. The molecule has 2 fully saturated rings. The molecule has 1 N–H and O–H groups in total. The highest BCUT2D eigenvalue weighted by Crippen LogP contribution is 2.38. The molecule has 0 radical (unpaired) electrons. The van der Waals surface area contributed by atoms with Crippen LogP contribution in [0.5, 0.6) is 0 Å². The molecule has 18 heavy (non-hydrogen) atoms. The van der Waals surface area contributed by atoms with Gasteiger partial charge in [-0.25, -0.2) is 0 Å². The molecule has 2 unspecified atom stereocenters. The van der Waals surface area contributed by atoms with Crippen molar-refractivity contribution in [1.82, 2.24) is 5.32 Å². The minimum atomic E-state index is 0.518. The fourth-order valence-electron chi connectivity index (χ4n) is 4.04. The zero-order chi connectivity index (χ0) is 13.2. The maximum absolute atomic E-state index is 3.96. The molecule has 1 heteroatoms. The highest BCUT2D eigenvalue weighted by Gasteiger charge is 2.30. The van der Waals surface area contributed by atoms with Crippen LogP contribution in [-0.2, 0) is 0 Å². The van der Waals surface area contributed by atoms with Crippen molar-refractivity contribution in [3.63, 3.8) is 0 Å². The van der Waals surface area contributed by atoms with Gasteiger partial charge in [0.15, 0.2) is 0 Å². The van der Waals surface area contributed by atoms with E-state index in [1.54, 1.807) is 0 Å². The standard InChI is InChI=1S/C17H33N/c1-13-6-5-7-16(12-13)18-15-10-8-14(9-11-15)17(2,3)4/h13-16,18H,5-12H2,1-4H3. The average molecular weight is 251 g/mol. The summed E-state index contributed by atoms with van der Waals surface area (Å²) >= 11 is 0. The summed E-state index contributed by atoms with van der Waals surface area (Å²) < 4.78 is 0. The van der Waals surface area contributed by atoms with Gasteiger partial charge < -0.3 is 5.32 Å². The van der Waals surface area contributed by atoms with Crippen LogP contribution in [0.4, 0.5) is 0 Å². The van der Waals surface area contributed by atoms with Gasteiger partial charge in [-0.05, 0) is 55.8 Å². The first-order valence-corrected chi connectivity index (χ1v) is 8.21. The van der Waals surface area contributed by atoms with Crippen molar-refractivity contribution >= 4 is 0 Å². The Morgan fingerprint density at radius 2 is 1.50 bits per heavy atom. The van der Waals surface area contributed by atoms with Gasteiger partial charge in [-0.3, -0.25) is 0 Å². The molecule has 0 aromatic carbocycles. The van der Waals surface area contributed by atoms with E-state index >= 15 is 0 Å². The molecule has 0 amide bonds. The molecule has 0 aromatic rings. The lowest BCUT2D eigenvalue weighted by Crippen LogP contribution is -2.43. The molecule has 0 heterocycles. The minimum Gasteiger partial charge on any atom is -0.311 e. The second-order valence-corrected chi connectivity index (χ2v) is 8.05. The smallest absolute Gasteiger partial charge is 0.00721 e. The number of nitrogens with one attached hydrogen (secondary N) is 1. The molecule has 1 nitrogen and oxygen atoms in total. The van der Waals surface area contributed by atoms with Crippen molar-refractivity contribution in [1.29, 1.82) is 0 Å². The van der Waals surface area contributed by atoms with Crippen molar-refractivity contribution in [2.45, 2.75) is 91.1 Å². The zero-order valence-corrected chi connectivity index (χ0v) is 13.0. The summed E-state index contributed by atoms with van der Waals surface area (Å²) in [7, 11) is 0. The van der Waals surface area contributed by atoms with E-state index in [-0.39, 0.29) is 0 Å². The number of rotatable bonds is 2. The van der Waals surface area contributed by atoms with E-state index in [0.717, 1.165) is 23.9 Å². The summed E-state index contributed by atoms with van der Waals surface area (Å²) in [6.07, 6.45) is 11.4. The van der Waals surface area contributed by atoms with Crippen molar-refractivity contribution in [3.05, 3.63) is 0 Å². The molecule has 0 aliphatic heterocycles. The number of hydrogen-bond donors (Lipinski definition) is 1. The third-order valence-electron chi connectivity index (χ3n) is 5.36. The lowest BCUT2D eigenvalue weighted by Gasteiger charge is -2.39.